The maximum atomic E-state index is 12.0. The minimum Gasteiger partial charge on any atom is -0.379 e. The normalized spacial score (nSPS) is 20.8. The molecule has 2 saturated heterocycles. The number of nitrogens with one attached hydrogen (secondary N) is 2. The number of morpholine rings is 1. The lowest BCUT2D eigenvalue weighted by Gasteiger charge is -2.26. The number of nitrogens with zero attached hydrogens (tertiary/aromatic N) is 1. The minimum atomic E-state index is 0. The van der Waals surface area contributed by atoms with E-state index < -0.39 is 0 Å². The Morgan fingerprint density at radius 1 is 1.17 bits per heavy atom. The van der Waals surface area contributed by atoms with Gasteiger partial charge in [0.1, 0.15) is 0 Å². The second-order valence-electron chi connectivity index (χ2n) is 6.07. The Labute approximate surface area is 156 Å². The summed E-state index contributed by atoms with van der Waals surface area (Å²) in [5.74, 6) is 0.120. The zero-order chi connectivity index (χ0) is 15.2. The van der Waals surface area contributed by atoms with Crippen LogP contribution in [0.2, 0.25) is 0 Å². The lowest BCUT2D eigenvalue weighted by atomic mass is 10.1. The van der Waals surface area contributed by atoms with Gasteiger partial charge >= 0.3 is 0 Å². The molecule has 24 heavy (non-hydrogen) atoms. The van der Waals surface area contributed by atoms with Gasteiger partial charge in [0.15, 0.2) is 0 Å². The third-order valence-electron chi connectivity index (χ3n) is 4.38. The number of benzene rings is 1. The lowest BCUT2D eigenvalue weighted by molar-refractivity contribution is -0.122. The molecule has 7 heteroatoms. The van der Waals surface area contributed by atoms with Gasteiger partial charge < -0.3 is 15.4 Å². The van der Waals surface area contributed by atoms with E-state index in [1.165, 1.54) is 5.56 Å². The molecule has 1 amide bonds. The zero-order valence-corrected chi connectivity index (χ0v) is 15.5. The fourth-order valence-corrected chi connectivity index (χ4v) is 3.00. The average Bonchev–Trinajstić information content (AvgIpc) is 3.09. The van der Waals surface area contributed by atoms with Crippen molar-refractivity contribution < 1.29 is 9.53 Å². The molecular formula is C17H27Cl2N3O2. The molecule has 2 aliphatic rings. The Bertz CT molecular complexity index is 487. The van der Waals surface area contributed by atoms with Crippen LogP contribution in [0.1, 0.15) is 24.0 Å². The molecule has 2 heterocycles. The van der Waals surface area contributed by atoms with Gasteiger partial charge in [0.2, 0.25) is 5.91 Å². The summed E-state index contributed by atoms with van der Waals surface area (Å²) in [6, 6.07) is 8.53. The first-order valence-electron chi connectivity index (χ1n) is 8.20. The van der Waals surface area contributed by atoms with E-state index in [9.17, 15) is 4.79 Å². The molecule has 0 aromatic heterocycles. The molecule has 0 saturated carbocycles. The summed E-state index contributed by atoms with van der Waals surface area (Å²) in [4.78, 5) is 14.4. The molecule has 0 bridgehead atoms. The molecule has 1 unspecified atom stereocenters. The molecule has 0 aliphatic carbocycles. The van der Waals surface area contributed by atoms with Gasteiger partial charge in [0.25, 0.3) is 0 Å². The van der Waals surface area contributed by atoms with E-state index in [4.69, 9.17) is 4.74 Å². The van der Waals surface area contributed by atoms with Crippen LogP contribution in [0.15, 0.2) is 24.3 Å². The summed E-state index contributed by atoms with van der Waals surface area (Å²) >= 11 is 0. The van der Waals surface area contributed by atoms with Crippen LogP contribution in [0.5, 0.6) is 0 Å². The van der Waals surface area contributed by atoms with Crippen molar-refractivity contribution in [3.63, 3.8) is 0 Å². The second kappa shape index (κ2) is 10.9. The van der Waals surface area contributed by atoms with Crippen LogP contribution < -0.4 is 10.6 Å². The van der Waals surface area contributed by atoms with E-state index >= 15 is 0 Å². The standard InChI is InChI=1S/C17H25N3O2.2ClH/c21-17(16-2-1-7-18-16)19-12-14-3-5-15(6-4-14)13-20-8-10-22-11-9-20;;/h3-6,16,18H,1-2,7-13H2,(H,19,21);2*1H. The molecule has 5 nitrogen and oxygen atoms in total. The first-order valence-corrected chi connectivity index (χ1v) is 8.20. The number of rotatable bonds is 5. The van der Waals surface area contributed by atoms with Crippen molar-refractivity contribution in [2.75, 3.05) is 32.8 Å². The van der Waals surface area contributed by atoms with Crippen LogP contribution in [0, 0.1) is 0 Å². The Morgan fingerprint density at radius 2 is 1.83 bits per heavy atom. The first kappa shape index (κ1) is 21.2. The topological polar surface area (TPSA) is 53.6 Å². The first-order chi connectivity index (χ1) is 10.8. The van der Waals surface area contributed by atoms with E-state index in [0.29, 0.717) is 6.54 Å². The SMILES string of the molecule is Cl.Cl.O=C(NCc1ccc(CN2CCOCC2)cc1)C1CCCN1. The van der Waals surface area contributed by atoms with Gasteiger partial charge in [-0.3, -0.25) is 9.69 Å². The Hall–Kier alpha value is -0.850. The van der Waals surface area contributed by atoms with Crippen molar-refractivity contribution in [2.45, 2.75) is 32.0 Å². The quantitative estimate of drug-likeness (QED) is 0.822. The summed E-state index contributed by atoms with van der Waals surface area (Å²) in [7, 11) is 0. The second-order valence-corrected chi connectivity index (χ2v) is 6.07. The number of hydrogen-bond acceptors (Lipinski definition) is 4. The number of carbonyl (C=O) groups is 1. The summed E-state index contributed by atoms with van der Waals surface area (Å²) < 4.78 is 5.37. The molecule has 0 radical (unpaired) electrons. The van der Waals surface area contributed by atoms with Crippen LogP contribution in [0.3, 0.4) is 0 Å². The van der Waals surface area contributed by atoms with Crippen molar-refractivity contribution in [1.82, 2.24) is 15.5 Å². The van der Waals surface area contributed by atoms with Gasteiger partial charge in [-0.2, -0.15) is 0 Å². The smallest absolute Gasteiger partial charge is 0.237 e. The zero-order valence-electron chi connectivity index (χ0n) is 13.8. The Morgan fingerprint density at radius 3 is 2.46 bits per heavy atom. The highest BCUT2D eigenvalue weighted by Gasteiger charge is 2.21. The lowest BCUT2D eigenvalue weighted by Crippen LogP contribution is -2.40. The van der Waals surface area contributed by atoms with Crippen LogP contribution in [-0.2, 0) is 22.6 Å². The number of amides is 1. The predicted octanol–water partition coefficient (Wildman–Crippen LogP) is 1.73. The molecule has 2 fully saturated rings. The maximum Gasteiger partial charge on any atom is 0.237 e. The highest BCUT2D eigenvalue weighted by Crippen LogP contribution is 2.10. The van der Waals surface area contributed by atoms with Crippen molar-refractivity contribution in [3.8, 4) is 0 Å². The highest BCUT2D eigenvalue weighted by molar-refractivity contribution is 5.85. The number of hydrogen-bond donors (Lipinski definition) is 2. The van der Waals surface area contributed by atoms with Crippen molar-refractivity contribution in [3.05, 3.63) is 35.4 Å². The fourth-order valence-electron chi connectivity index (χ4n) is 3.00. The van der Waals surface area contributed by atoms with Crippen LogP contribution in [-0.4, -0.2) is 49.7 Å². The highest BCUT2D eigenvalue weighted by atomic mass is 35.5. The van der Waals surface area contributed by atoms with E-state index in [1.807, 2.05) is 0 Å². The average molecular weight is 376 g/mol. The monoisotopic (exact) mass is 375 g/mol. The number of halogens is 2. The molecule has 3 rings (SSSR count). The van der Waals surface area contributed by atoms with E-state index in [1.54, 1.807) is 0 Å². The van der Waals surface area contributed by atoms with Gasteiger partial charge in [0.05, 0.1) is 19.3 Å². The number of carbonyl (C=O) groups excluding carboxylic acids is 1. The largest absolute Gasteiger partial charge is 0.379 e. The third kappa shape index (κ3) is 6.22. The van der Waals surface area contributed by atoms with E-state index in [-0.39, 0.29) is 36.8 Å². The molecule has 136 valence electrons. The van der Waals surface area contributed by atoms with Gasteiger partial charge in [-0.15, -0.1) is 24.8 Å². The van der Waals surface area contributed by atoms with Gasteiger partial charge in [-0.25, -0.2) is 0 Å². The van der Waals surface area contributed by atoms with E-state index in [2.05, 4.69) is 39.8 Å². The van der Waals surface area contributed by atoms with Crippen molar-refractivity contribution >= 4 is 30.7 Å². The molecular weight excluding hydrogens is 349 g/mol. The third-order valence-corrected chi connectivity index (χ3v) is 4.38. The number of ether oxygens (including phenoxy) is 1. The maximum absolute atomic E-state index is 12.0. The summed E-state index contributed by atoms with van der Waals surface area (Å²) in [6.07, 6.45) is 2.04. The molecule has 1 atom stereocenters. The van der Waals surface area contributed by atoms with Gasteiger partial charge in [0, 0.05) is 26.2 Å². The summed E-state index contributed by atoms with van der Waals surface area (Å²) in [6.45, 7) is 6.21. The molecule has 1 aromatic rings. The Balaban J connectivity index is 0.00000144. The minimum absolute atomic E-state index is 0. The summed E-state index contributed by atoms with van der Waals surface area (Å²) in [5.41, 5.74) is 2.46. The van der Waals surface area contributed by atoms with E-state index in [0.717, 1.165) is 57.8 Å². The van der Waals surface area contributed by atoms with Crippen molar-refractivity contribution in [1.29, 1.82) is 0 Å². The van der Waals surface area contributed by atoms with Crippen LogP contribution in [0.4, 0.5) is 0 Å². The molecule has 1 aromatic carbocycles. The Kier molecular flexibility index (Phi) is 9.63. The molecule has 2 aliphatic heterocycles. The van der Waals surface area contributed by atoms with Gasteiger partial charge in [-0.05, 0) is 30.5 Å². The van der Waals surface area contributed by atoms with Crippen LogP contribution >= 0.6 is 24.8 Å². The summed E-state index contributed by atoms with van der Waals surface area (Å²) in [5, 5.41) is 6.23. The van der Waals surface area contributed by atoms with Gasteiger partial charge in [-0.1, -0.05) is 24.3 Å². The predicted molar refractivity (Wildman–Crippen MR) is 99.9 cm³/mol. The molecule has 2 N–H and O–H groups in total. The van der Waals surface area contributed by atoms with Crippen LogP contribution in [0.25, 0.3) is 0 Å². The molecule has 0 spiro atoms. The fraction of sp³-hybridized carbons (Fsp3) is 0.588. The van der Waals surface area contributed by atoms with Crippen molar-refractivity contribution in [2.24, 2.45) is 0 Å².